The molecule has 1 aliphatic rings. The van der Waals surface area contributed by atoms with Gasteiger partial charge < -0.3 is 10.1 Å². The monoisotopic (exact) mass is 269 g/mol. The zero-order valence-corrected chi connectivity index (χ0v) is 10.5. The molecule has 0 aromatic heterocycles. The van der Waals surface area contributed by atoms with Gasteiger partial charge in [-0.15, -0.1) is 0 Å². The molecule has 1 heterocycles. The van der Waals surface area contributed by atoms with Crippen LogP contribution in [0.3, 0.4) is 0 Å². The van der Waals surface area contributed by atoms with E-state index in [-0.39, 0.29) is 6.10 Å². The lowest BCUT2D eigenvalue weighted by Crippen LogP contribution is -2.31. The molecular formula is C12H16BrNO. The highest BCUT2D eigenvalue weighted by atomic mass is 79.9. The van der Waals surface area contributed by atoms with Gasteiger partial charge in [0, 0.05) is 17.1 Å². The third-order valence-corrected chi connectivity index (χ3v) is 3.27. The molecule has 1 N–H and O–H groups in total. The first-order chi connectivity index (χ1) is 7.27. The number of halogens is 1. The minimum Gasteiger partial charge on any atom is -0.372 e. The Hall–Kier alpha value is -0.380. The number of ether oxygens (including phenoxy) is 1. The summed E-state index contributed by atoms with van der Waals surface area (Å²) in [6, 6.07) is 8.76. The Morgan fingerprint density at radius 3 is 2.80 bits per heavy atom. The molecule has 0 amide bonds. The standard InChI is InChI=1S/C12H16BrNO/c1-9-12(15-8-2-7-14-9)10-3-5-11(13)6-4-10/h3-6,9,12,14H,2,7-8H2,1H3. The molecule has 0 saturated carbocycles. The second-order valence-electron chi connectivity index (χ2n) is 3.94. The highest BCUT2D eigenvalue weighted by molar-refractivity contribution is 9.10. The van der Waals surface area contributed by atoms with Gasteiger partial charge in [-0.2, -0.15) is 0 Å². The molecule has 15 heavy (non-hydrogen) atoms. The summed E-state index contributed by atoms with van der Waals surface area (Å²) in [6.45, 7) is 4.07. The molecule has 1 aromatic rings. The van der Waals surface area contributed by atoms with Crippen LogP contribution >= 0.6 is 15.9 Å². The summed E-state index contributed by atoms with van der Waals surface area (Å²) in [5.41, 5.74) is 1.25. The van der Waals surface area contributed by atoms with Gasteiger partial charge >= 0.3 is 0 Å². The van der Waals surface area contributed by atoms with Gasteiger partial charge in [-0.25, -0.2) is 0 Å². The van der Waals surface area contributed by atoms with Gasteiger partial charge in [-0.1, -0.05) is 28.1 Å². The van der Waals surface area contributed by atoms with Crippen LogP contribution in [-0.4, -0.2) is 19.2 Å². The Balaban J connectivity index is 2.16. The second kappa shape index (κ2) is 5.10. The predicted molar refractivity (Wildman–Crippen MR) is 64.9 cm³/mol. The first kappa shape index (κ1) is 11.1. The molecule has 1 saturated heterocycles. The van der Waals surface area contributed by atoms with Crippen molar-refractivity contribution in [1.82, 2.24) is 5.32 Å². The van der Waals surface area contributed by atoms with E-state index in [0.29, 0.717) is 6.04 Å². The van der Waals surface area contributed by atoms with Crippen molar-refractivity contribution >= 4 is 15.9 Å². The van der Waals surface area contributed by atoms with Crippen LogP contribution in [0.4, 0.5) is 0 Å². The lowest BCUT2D eigenvalue weighted by molar-refractivity contribution is 0.0462. The van der Waals surface area contributed by atoms with Crippen molar-refractivity contribution in [3.8, 4) is 0 Å². The zero-order chi connectivity index (χ0) is 10.7. The van der Waals surface area contributed by atoms with Gasteiger partial charge in [-0.05, 0) is 37.6 Å². The van der Waals surface area contributed by atoms with Crippen LogP contribution in [0.1, 0.15) is 25.0 Å². The van der Waals surface area contributed by atoms with Crippen molar-refractivity contribution in [1.29, 1.82) is 0 Å². The van der Waals surface area contributed by atoms with Crippen LogP contribution in [0.2, 0.25) is 0 Å². The maximum atomic E-state index is 5.86. The van der Waals surface area contributed by atoms with E-state index in [0.717, 1.165) is 24.0 Å². The third-order valence-electron chi connectivity index (χ3n) is 2.74. The maximum absolute atomic E-state index is 5.86. The Kier molecular flexibility index (Phi) is 3.78. The van der Waals surface area contributed by atoms with E-state index >= 15 is 0 Å². The fraction of sp³-hybridized carbons (Fsp3) is 0.500. The van der Waals surface area contributed by atoms with Gasteiger partial charge in [0.1, 0.15) is 0 Å². The summed E-state index contributed by atoms with van der Waals surface area (Å²) >= 11 is 3.44. The van der Waals surface area contributed by atoms with Crippen molar-refractivity contribution in [3.05, 3.63) is 34.3 Å². The molecule has 2 nitrogen and oxygen atoms in total. The van der Waals surface area contributed by atoms with Crippen LogP contribution in [0.25, 0.3) is 0 Å². The lowest BCUT2D eigenvalue weighted by atomic mass is 10.0. The molecule has 1 fully saturated rings. The minimum atomic E-state index is 0.181. The van der Waals surface area contributed by atoms with E-state index in [1.54, 1.807) is 0 Å². The summed E-state index contributed by atoms with van der Waals surface area (Å²) in [4.78, 5) is 0. The smallest absolute Gasteiger partial charge is 0.0975 e. The summed E-state index contributed by atoms with van der Waals surface area (Å²) in [7, 11) is 0. The van der Waals surface area contributed by atoms with Gasteiger partial charge in [-0.3, -0.25) is 0 Å². The first-order valence-electron chi connectivity index (χ1n) is 5.38. The average molecular weight is 270 g/mol. The van der Waals surface area contributed by atoms with Gasteiger partial charge in [0.2, 0.25) is 0 Å². The first-order valence-corrected chi connectivity index (χ1v) is 6.17. The van der Waals surface area contributed by atoms with Crippen LogP contribution in [-0.2, 0) is 4.74 Å². The Morgan fingerprint density at radius 2 is 2.07 bits per heavy atom. The Labute approximate surface area is 99.1 Å². The molecule has 1 aromatic carbocycles. The van der Waals surface area contributed by atoms with Gasteiger partial charge in [0.25, 0.3) is 0 Å². The van der Waals surface area contributed by atoms with Crippen molar-refractivity contribution in [2.45, 2.75) is 25.5 Å². The molecule has 1 aliphatic heterocycles. The highest BCUT2D eigenvalue weighted by Crippen LogP contribution is 2.24. The molecule has 0 aliphatic carbocycles. The number of hydrogen-bond acceptors (Lipinski definition) is 2. The molecule has 0 spiro atoms. The predicted octanol–water partition coefficient (Wildman–Crippen LogP) is 2.89. The SMILES string of the molecule is CC1NCCCOC1c1ccc(Br)cc1. The summed E-state index contributed by atoms with van der Waals surface area (Å²) < 4.78 is 6.97. The highest BCUT2D eigenvalue weighted by Gasteiger charge is 2.21. The summed E-state index contributed by atoms with van der Waals surface area (Å²) in [6.07, 6.45) is 1.28. The molecule has 2 rings (SSSR count). The number of nitrogens with one attached hydrogen (secondary N) is 1. The minimum absolute atomic E-state index is 0.181. The van der Waals surface area contributed by atoms with Gasteiger partial charge in [0.15, 0.2) is 0 Å². The topological polar surface area (TPSA) is 21.3 Å². The maximum Gasteiger partial charge on any atom is 0.0975 e. The fourth-order valence-electron chi connectivity index (χ4n) is 1.90. The van der Waals surface area contributed by atoms with Crippen LogP contribution in [0, 0.1) is 0 Å². The van der Waals surface area contributed by atoms with E-state index in [2.05, 4.69) is 52.4 Å². The van der Waals surface area contributed by atoms with Crippen molar-refractivity contribution in [2.75, 3.05) is 13.2 Å². The molecular weight excluding hydrogens is 254 g/mol. The van der Waals surface area contributed by atoms with Gasteiger partial charge in [0.05, 0.1) is 6.10 Å². The van der Waals surface area contributed by atoms with E-state index in [1.807, 2.05) is 0 Å². The summed E-state index contributed by atoms with van der Waals surface area (Å²) in [5, 5.41) is 3.47. The largest absolute Gasteiger partial charge is 0.372 e. The lowest BCUT2D eigenvalue weighted by Gasteiger charge is -2.22. The normalized spacial score (nSPS) is 27.3. The molecule has 2 atom stereocenters. The van der Waals surface area contributed by atoms with E-state index in [1.165, 1.54) is 5.56 Å². The molecule has 0 radical (unpaired) electrons. The van der Waals surface area contributed by atoms with Crippen LogP contribution in [0.15, 0.2) is 28.7 Å². The Bertz CT molecular complexity index is 312. The quantitative estimate of drug-likeness (QED) is 0.847. The molecule has 82 valence electrons. The second-order valence-corrected chi connectivity index (χ2v) is 4.85. The van der Waals surface area contributed by atoms with E-state index < -0.39 is 0 Å². The van der Waals surface area contributed by atoms with Crippen molar-refractivity contribution in [3.63, 3.8) is 0 Å². The summed E-state index contributed by atoms with van der Waals surface area (Å²) in [5.74, 6) is 0. The Morgan fingerprint density at radius 1 is 1.33 bits per heavy atom. The average Bonchev–Trinajstić information content (AvgIpc) is 2.44. The zero-order valence-electron chi connectivity index (χ0n) is 8.87. The van der Waals surface area contributed by atoms with Crippen LogP contribution < -0.4 is 5.32 Å². The van der Waals surface area contributed by atoms with Crippen molar-refractivity contribution in [2.24, 2.45) is 0 Å². The van der Waals surface area contributed by atoms with Crippen LogP contribution in [0.5, 0.6) is 0 Å². The molecule has 2 unspecified atom stereocenters. The number of benzene rings is 1. The third kappa shape index (κ3) is 2.80. The number of hydrogen-bond donors (Lipinski definition) is 1. The van der Waals surface area contributed by atoms with E-state index in [4.69, 9.17) is 4.74 Å². The van der Waals surface area contributed by atoms with Crippen molar-refractivity contribution < 1.29 is 4.74 Å². The van der Waals surface area contributed by atoms with E-state index in [9.17, 15) is 0 Å². The molecule has 0 bridgehead atoms. The number of rotatable bonds is 1. The molecule has 3 heteroatoms. The fourth-order valence-corrected chi connectivity index (χ4v) is 2.17.